The molecule has 2 aromatic heterocycles. The van der Waals surface area contributed by atoms with Gasteiger partial charge in [-0.1, -0.05) is 12.1 Å². The first kappa shape index (κ1) is 17.7. The number of methoxy groups -OCH3 is 1. The number of anilines is 2. The van der Waals surface area contributed by atoms with Crippen LogP contribution < -0.4 is 15.4 Å². The number of nitrogens with zero attached hydrogens (tertiary/aromatic N) is 3. The van der Waals surface area contributed by atoms with E-state index in [2.05, 4.69) is 39.4 Å². The van der Waals surface area contributed by atoms with Crippen molar-refractivity contribution in [1.82, 2.24) is 15.0 Å². The average molecular weight is 349 g/mol. The second-order valence-corrected chi connectivity index (χ2v) is 6.20. The molecule has 2 N–H and O–H groups in total. The second kappa shape index (κ2) is 8.29. The molecule has 6 nitrogen and oxygen atoms in total. The molecule has 0 aliphatic rings. The molecule has 134 valence electrons. The molecule has 0 spiro atoms. The van der Waals surface area contributed by atoms with Crippen molar-refractivity contribution < 1.29 is 4.74 Å². The first-order valence-electron chi connectivity index (χ1n) is 8.57. The molecule has 0 atom stereocenters. The number of hydrogen-bond donors (Lipinski definition) is 2. The van der Waals surface area contributed by atoms with Gasteiger partial charge in [0.1, 0.15) is 11.6 Å². The van der Waals surface area contributed by atoms with Crippen LogP contribution in [0.3, 0.4) is 0 Å². The SMILES string of the molecule is COc1cccc(CNc2cc(-c3ccncc3)nc(NC(C)C)n2)c1. The van der Waals surface area contributed by atoms with Gasteiger partial charge in [-0.05, 0) is 43.7 Å². The quantitative estimate of drug-likeness (QED) is 0.672. The number of rotatable bonds is 7. The van der Waals surface area contributed by atoms with Crippen LogP contribution in [0.5, 0.6) is 5.75 Å². The monoisotopic (exact) mass is 349 g/mol. The fraction of sp³-hybridized carbons (Fsp3) is 0.250. The van der Waals surface area contributed by atoms with E-state index in [-0.39, 0.29) is 6.04 Å². The molecule has 1 aromatic carbocycles. The first-order valence-corrected chi connectivity index (χ1v) is 8.57. The highest BCUT2D eigenvalue weighted by atomic mass is 16.5. The third-order valence-electron chi connectivity index (χ3n) is 3.73. The molecule has 2 heterocycles. The van der Waals surface area contributed by atoms with Crippen molar-refractivity contribution in [2.45, 2.75) is 26.4 Å². The minimum absolute atomic E-state index is 0.244. The van der Waals surface area contributed by atoms with Crippen molar-refractivity contribution in [3.8, 4) is 17.0 Å². The van der Waals surface area contributed by atoms with Crippen LogP contribution in [0.2, 0.25) is 0 Å². The third kappa shape index (κ3) is 4.69. The number of pyridine rings is 1. The molecule has 0 fully saturated rings. The van der Waals surface area contributed by atoms with Gasteiger partial charge in [-0.15, -0.1) is 0 Å². The van der Waals surface area contributed by atoms with Crippen LogP contribution in [-0.4, -0.2) is 28.1 Å². The van der Waals surface area contributed by atoms with Gasteiger partial charge in [0.05, 0.1) is 12.8 Å². The summed E-state index contributed by atoms with van der Waals surface area (Å²) in [7, 11) is 1.67. The Bertz CT molecular complexity index is 852. The fourth-order valence-corrected chi connectivity index (χ4v) is 2.51. The summed E-state index contributed by atoms with van der Waals surface area (Å²) in [5.41, 5.74) is 2.96. The van der Waals surface area contributed by atoms with E-state index < -0.39 is 0 Å². The highest BCUT2D eigenvalue weighted by Crippen LogP contribution is 2.22. The second-order valence-electron chi connectivity index (χ2n) is 6.20. The van der Waals surface area contributed by atoms with Crippen molar-refractivity contribution in [3.63, 3.8) is 0 Å². The van der Waals surface area contributed by atoms with E-state index in [4.69, 9.17) is 4.74 Å². The van der Waals surface area contributed by atoms with Gasteiger partial charge >= 0.3 is 0 Å². The summed E-state index contributed by atoms with van der Waals surface area (Å²) in [4.78, 5) is 13.3. The zero-order valence-electron chi connectivity index (χ0n) is 15.2. The summed E-state index contributed by atoms with van der Waals surface area (Å²) < 4.78 is 5.28. The van der Waals surface area contributed by atoms with Gasteiger partial charge in [0.2, 0.25) is 5.95 Å². The highest BCUT2D eigenvalue weighted by Gasteiger charge is 2.08. The van der Waals surface area contributed by atoms with Crippen LogP contribution in [0.4, 0.5) is 11.8 Å². The summed E-state index contributed by atoms with van der Waals surface area (Å²) in [6.07, 6.45) is 3.52. The van der Waals surface area contributed by atoms with Crippen molar-refractivity contribution in [3.05, 3.63) is 60.4 Å². The van der Waals surface area contributed by atoms with Crippen LogP contribution >= 0.6 is 0 Å². The maximum absolute atomic E-state index is 5.28. The number of hydrogen-bond acceptors (Lipinski definition) is 6. The Morgan fingerprint density at radius 2 is 1.85 bits per heavy atom. The molecule has 0 aliphatic heterocycles. The average Bonchev–Trinajstić information content (AvgIpc) is 2.66. The molecule has 0 bridgehead atoms. The molecule has 0 amide bonds. The molecule has 0 unspecified atom stereocenters. The minimum atomic E-state index is 0.244. The Kier molecular flexibility index (Phi) is 5.63. The van der Waals surface area contributed by atoms with E-state index in [9.17, 15) is 0 Å². The van der Waals surface area contributed by atoms with Gasteiger partial charge in [0.15, 0.2) is 0 Å². The molecule has 0 saturated carbocycles. The van der Waals surface area contributed by atoms with Gasteiger partial charge in [-0.3, -0.25) is 4.98 Å². The summed E-state index contributed by atoms with van der Waals surface area (Å²) in [6, 6.07) is 14.0. The van der Waals surface area contributed by atoms with E-state index in [1.165, 1.54) is 0 Å². The van der Waals surface area contributed by atoms with E-state index in [1.54, 1.807) is 19.5 Å². The lowest BCUT2D eigenvalue weighted by molar-refractivity contribution is 0.414. The molecule has 0 aliphatic carbocycles. The molecular formula is C20H23N5O. The van der Waals surface area contributed by atoms with E-state index >= 15 is 0 Å². The molecule has 3 rings (SSSR count). The lowest BCUT2D eigenvalue weighted by atomic mass is 10.2. The van der Waals surface area contributed by atoms with Crippen molar-refractivity contribution in [2.24, 2.45) is 0 Å². The predicted molar refractivity (Wildman–Crippen MR) is 104 cm³/mol. The van der Waals surface area contributed by atoms with Gasteiger partial charge in [-0.25, -0.2) is 4.98 Å². The van der Waals surface area contributed by atoms with Gasteiger partial charge in [-0.2, -0.15) is 4.98 Å². The highest BCUT2D eigenvalue weighted by molar-refractivity contribution is 5.64. The van der Waals surface area contributed by atoms with Crippen molar-refractivity contribution in [2.75, 3.05) is 17.7 Å². The number of ether oxygens (including phenoxy) is 1. The van der Waals surface area contributed by atoms with Gasteiger partial charge in [0.25, 0.3) is 0 Å². The zero-order chi connectivity index (χ0) is 18.4. The fourth-order valence-electron chi connectivity index (χ4n) is 2.51. The molecule has 3 aromatic rings. The first-order chi connectivity index (χ1) is 12.6. The van der Waals surface area contributed by atoms with E-state index in [0.29, 0.717) is 12.5 Å². The normalized spacial score (nSPS) is 10.6. The summed E-state index contributed by atoms with van der Waals surface area (Å²) in [5.74, 6) is 2.20. The summed E-state index contributed by atoms with van der Waals surface area (Å²) in [5, 5.41) is 6.65. The molecule has 0 radical (unpaired) electrons. The Balaban J connectivity index is 1.85. The smallest absolute Gasteiger partial charge is 0.225 e. The molecule has 26 heavy (non-hydrogen) atoms. The predicted octanol–water partition coefficient (Wildman–Crippen LogP) is 3.98. The summed E-state index contributed by atoms with van der Waals surface area (Å²) in [6.45, 7) is 4.77. The van der Waals surface area contributed by atoms with E-state index in [0.717, 1.165) is 28.4 Å². The Morgan fingerprint density at radius 3 is 2.58 bits per heavy atom. The molecular weight excluding hydrogens is 326 g/mol. The zero-order valence-corrected chi connectivity index (χ0v) is 15.2. The van der Waals surface area contributed by atoms with Gasteiger partial charge < -0.3 is 15.4 Å². The lowest BCUT2D eigenvalue weighted by Gasteiger charge is -2.13. The van der Waals surface area contributed by atoms with Crippen molar-refractivity contribution >= 4 is 11.8 Å². The number of benzene rings is 1. The topological polar surface area (TPSA) is 72.0 Å². The van der Waals surface area contributed by atoms with E-state index in [1.807, 2.05) is 42.5 Å². The minimum Gasteiger partial charge on any atom is -0.497 e. The number of aromatic nitrogens is 3. The maximum atomic E-state index is 5.28. The van der Waals surface area contributed by atoms with Crippen LogP contribution in [0.1, 0.15) is 19.4 Å². The lowest BCUT2D eigenvalue weighted by Crippen LogP contribution is -2.14. The standard InChI is InChI=1S/C20H23N5O/c1-14(2)23-20-24-18(16-7-9-21-10-8-16)12-19(25-20)22-13-15-5-4-6-17(11-15)26-3/h4-12,14H,13H2,1-3H3,(H2,22,23,24,25). The Hall–Kier alpha value is -3.15. The summed E-state index contributed by atoms with van der Waals surface area (Å²) >= 11 is 0. The van der Waals surface area contributed by atoms with Gasteiger partial charge in [0, 0.05) is 36.6 Å². The van der Waals surface area contributed by atoms with Crippen LogP contribution in [-0.2, 0) is 6.54 Å². The molecule has 6 heteroatoms. The maximum Gasteiger partial charge on any atom is 0.225 e. The Morgan fingerprint density at radius 1 is 1.04 bits per heavy atom. The number of nitrogens with one attached hydrogen (secondary N) is 2. The van der Waals surface area contributed by atoms with Crippen LogP contribution in [0.25, 0.3) is 11.3 Å². The Labute approximate surface area is 153 Å². The molecule has 0 saturated heterocycles. The largest absolute Gasteiger partial charge is 0.497 e. The van der Waals surface area contributed by atoms with Crippen LogP contribution in [0.15, 0.2) is 54.9 Å². The van der Waals surface area contributed by atoms with Crippen molar-refractivity contribution in [1.29, 1.82) is 0 Å². The third-order valence-corrected chi connectivity index (χ3v) is 3.73. The van der Waals surface area contributed by atoms with Crippen LogP contribution in [0, 0.1) is 0 Å².